The van der Waals surface area contributed by atoms with Crippen molar-refractivity contribution in [1.29, 1.82) is 0 Å². The first-order valence-electron chi connectivity index (χ1n) is 10.1. The van der Waals surface area contributed by atoms with Crippen molar-refractivity contribution in [1.82, 2.24) is 15.5 Å². The molecule has 0 aromatic carbocycles. The summed E-state index contributed by atoms with van der Waals surface area (Å²) in [6, 6.07) is 2.66. The number of hydrogen-bond donors (Lipinski definition) is 2. The smallest absolute Gasteiger partial charge is 0.220 e. The van der Waals surface area contributed by atoms with Crippen LogP contribution in [-0.4, -0.2) is 48.1 Å². The van der Waals surface area contributed by atoms with E-state index in [1.54, 1.807) is 0 Å². The van der Waals surface area contributed by atoms with E-state index in [1.165, 1.54) is 64.5 Å². The molecular formula is C19H33N3O. The van der Waals surface area contributed by atoms with Crippen molar-refractivity contribution in [3.05, 3.63) is 0 Å². The summed E-state index contributed by atoms with van der Waals surface area (Å²) < 4.78 is 0. The number of nitrogens with zero attached hydrogens (tertiary/aromatic N) is 1. The van der Waals surface area contributed by atoms with Gasteiger partial charge in [-0.2, -0.15) is 0 Å². The standard InChI is InChI=1S/C19H33N3O/c23-19(13-14-11-16-5-6-17(12-14)20-16)21-15-7-9-22(10-8-15)18-3-1-2-4-18/h14-18,20H,1-13H2,(H,21,23). The van der Waals surface area contributed by atoms with Crippen LogP contribution in [0.15, 0.2) is 0 Å². The number of amides is 1. The van der Waals surface area contributed by atoms with Crippen molar-refractivity contribution < 1.29 is 4.79 Å². The van der Waals surface area contributed by atoms with Crippen LogP contribution in [0.2, 0.25) is 0 Å². The number of hydrogen-bond acceptors (Lipinski definition) is 3. The van der Waals surface area contributed by atoms with Gasteiger partial charge in [-0.05, 0) is 57.3 Å². The summed E-state index contributed by atoms with van der Waals surface area (Å²) in [7, 11) is 0. The van der Waals surface area contributed by atoms with Gasteiger partial charge in [-0.3, -0.25) is 4.79 Å². The number of nitrogens with one attached hydrogen (secondary N) is 2. The first-order chi connectivity index (χ1) is 11.3. The van der Waals surface area contributed by atoms with Crippen LogP contribution in [-0.2, 0) is 4.79 Å². The Kier molecular flexibility index (Phi) is 4.91. The maximum absolute atomic E-state index is 12.4. The van der Waals surface area contributed by atoms with E-state index in [4.69, 9.17) is 0 Å². The molecule has 0 radical (unpaired) electrons. The van der Waals surface area contributed by atoms with E-state index < -0.39 is 0 Å². The maximum atomic E-state index is 12.4. The fraction of sp³-hybridized carbons (Fsp3) is 0.947. The fourth-order valence-corrected chi connectivity index (χ4v) is 5.57. The Morgan fingerprint density at radius 2 is 1.61 bits per heavy atom. The lowest BCUT2D eigenvalue weighted by atomic mass is 9.89. The van der Waals surface area contributed by atoms with Gasteiger partial charge in [0.15, 0.2) is 0 Å². The molecule has 1 aliphatic carbocycles. The molecule has 2 bridgehead atoms. The maximum Gasteiger partial charge on any atom is 0.220 e. The predicted molar refractivity (Wildman–Crippen MR) is 92.3 cm³/mol. The molecule has 2 unspecified atom stereocenters. The summed E-state index contributed by atoms with van der Waals surface area (Å²) in [6.45, 7) is 2.38. The van der Waals surface area contributed by atoms with Gasteiger partial charge in [-0.1, -0.05) is 12.8 Å². The van der Waals surface area contributed by atoms with Crippen molar-refractivity contribution in [2.45, 2.75) is 94.8 Å². The number of fused-ring (bicyclic) bond motifs is 2. The summed E-state index contributed by atoms with van der Waals surface area (Å²) in [6.07, 6.45) is 13.8. The Hall–Kier alpha value is -0.610. The third-order valence-corrected chi connectivity index (χ3v) is 6.78. The van der Waals surface area contributed by atoms with Gasteiger partial charge in [0.1, 0.15) is 0 Å². The molecule has 0 spiro atoms. The largest absolute Gasteiger partial charge is 0.353 e. The Morgan fingerprint density at radius 3 is 2.26 bits per heavy atom. The van der Waals surface area contributed by atoms with E-state index in [2.05, 4.69) is 15.5 Å². The molecule has 130 valence electrons. The van der Waals surface area contributed by atoms with Gasteiger partial charge in [0, 0.05) is 43.7 Å². The Bertz CT molecular complexity index is 401. The first-order valence-corrected chi connectivity index (χ1v) is 10.1. The highest BCUT2D eigenvalue weighted by Gasteiger charge is 2.34. The Morgan fingerprint density at radius 1 is 0.957 bits per heavy atom. The summed E-state index contributed by atoms with van der Waals surface area (Å²) in [4.78, 5) is 15.1. The zero-order chi connectivity index (χ0) is 15.6. The average molecular weight is 319 g/mol. The molecule has 1 saturated carbocycles. The second kappa shape index (κ2) is 7.10. The SMILES string of the molecule is O=C(CC1CC2CCC(C1)N2)NC1CCN(C2CCCC2)CC1. The quantitative estimate of drug-likeness (QED) is 0.836. The van der Waals surface area contributed by atoms with Crippen molar-refractivity contribution in [3.63, 3.8) is 0 Å². The van der Waals surface area contributed by atoms with Crippen molar-refractivity contribution in [3.8, 4) is 0 Å². The van der Waals surface area contributed by atoms with Gasteiger partial charge >= 0.3 is 0 Å². The molecule has 3 saturated heterocycles. The monoisotopic (exact) mass is 319 g/mol. The van der Waals surface area contributed by atoms with Gasteiger partial charge in [-0.25, -0.2) is 0 Å². The van der Waals surface area contributed by atoms with Gasteiger partial charge < -0.3 is 15.5 Å². The zero-order valence-corrected chi connectivity index (χ0v) is 14.4. The second-order valence-corrected chi connectivity index (χ2v) is 8.50. The van der Waals surface area contributed by atoms with Crippen LogP contribution in [0.1, 0.15) is 70.6 Å². The lowest BCUT2D eigenvalue weighted by Crippen LogP contribution is -2.48. The van der Waals surface area contributed by atoms with Crippen LogP contribution in [0, 0.1) is 5.92 Å². The molecule has 2 atom stereocenters. The predicted octanol–water partition coefficient (Wildman–Crippen LogP) is 2.43. The molecule has 23 heavy (non-hydrogen) atoms. The summed E-state index contributed by atoms with van der Waals surface area (Å²) >= 11 is 0. The minimum Gasteiger partial charge on any atom is -0.353 e. The van der Waals surface area contributed by atoms with E-state index >= 15 is 0 Å². The molecule has 0 aromatic heterocycles. The topological polar surface area (TPSA) is 44.4 Å². The highest BCUT2D eigenvalue weighted by Crippen LogP contribution is 2.32. The summed E-state index contributed by atoms with van der Waals surface area (Å²) in [5.41, 5.74) is 0. The van der Waals surface area contributed by atoms with Crippen LogP contribution < -0.4 is 10.6 Å². The molecule has 4 aliphatic rings. The molecule has 4 heteroatoms. The molecule has 3 heterocycles. The number of carbonyl (C=O) groups is 1. The van der Waals surface area contributed by atoms with Gasteiger partial charge in [0.05, 0.1) is 0 Å². The molecule has 2 N–H and O–H groups in total. The molecular weight excluding hydrogens is 286 g/mol. The number of carbonyl (C=O) groups excluding carboxylic acids is 1. The van der Waals surface area contributed by atoms with Crippen molar-refractivity contribution in [2.24, 2.45) is 5.92 Å². The van der Waals surface area contributed by atoms with Crippen LogP contribution in [0.4, 0.5) is 0 Å². The Balaban J connectivity index is 1.18. The van der Waals surface area contributed by atoms with Gasteiger partial charge in [-0.15, -0.1) is 0 Å². The van der Waals surface area contributed by atoms with E-state index in [9.17, 15) is 4.79 Å². The normalized spacial score (nSPS) is 36.4. The lowest BCUT2D eigenvalue weighted by Gasteiger charge is -2.36. The highest BCUT2D eigenvalue weighted by molar-refractivity contribution is 5.76. The van der Waals surface area contributed by atoms with E-state index in [-0.39, 0.29) is 0 Å². The van der Waals surface area contributed by atoms with E-state index in [0.717, 1.165) is 25.3 Å². The minimum atomic E-state index is 0.315. The molecule has 4 rings (SSSR count). The minimum absolute atomic E-state index is 0.315. The van der Waals surface area contributed by atoms with E-state index in [0.29, 0.717) is 30.0 Å². The van der Waals surface area contributed by atoms with Crippen LogP contribution >= 0.6 is 0 Å². The molecule has 4 nitrogen and oxygen atoms in total. The first kappa shape index (κ1) is 15.9. The molecule has 3 aliphatic heterocycles. The van der Waals surface area contributed by atoms with Crippen LogP contribution in [0.25, 0.3) is 0 Å². The highest BCUT2D eigenvalue weighted by atomic mass is 16.1. The molecule has 0 aromatic rings. The van der Waals surface area contributed by atoms with Crippen molar-refractivity contribution >= 4 is 5.91 Å². The summed E-state index contributed by atoms with van der Waals surface area (Å²) in [5, 5.41) is 7.01. The number of piperidine rings is 2. The lowest BCUT2D eigenvalue weighted by molar-refractivity contribution is -0.123. The van der Waals surface area contributed by atoms with E-state index in [1.807, 2.05) is 0 Å². The number of likely N-dealkylation sites (tertiary alicyclic amines) is 1. The molecule has 1 amide bonds. The average Bonchev–Trinajstić information content (AvgIpc) is 3.18. The third kappa shape index (κ3) is 3.90. The van der Waals surface area contributed by atoms with Crippen molar-refractivity contribution in [2.75, 3.05) is 13.1 Å². The fourth-order valence-electron chi connectivity index (χ4n) is 5.57. The van der Waals surface area contributed by atoms with Gasteiger partial charge in [0.2, 0.25) is 5.91 Å². The second-order valence-electron chi connectivity index (χ2n) is 8.50. The zero-order valence-electron chi connectivity index (χ0n) is 14.4. The third-order valence-electron chi connectivity index (χ3n) is 6.78. The van der Waals surface area contributed by atoms with Crippen LogP contribution in [0.5, 0.6) is 0 Å². The number of rotatable bonds is 4. The Labute approximate surface area is 140 Å². The van der Waals surface area contributed by atoms with Crippen LogP contribution in [0.3, 0.4) is 0 Å². The summed E-state index contributed by atoms with van der Waals surface area (Å²) in [5.74, 6) is 0.933. The molecule has 4 fully saturated rings. The van der Waals surface area contributed by atoms with Gasteiger partial charge in [0.25, 0.3) is 0 Å².